The second kappa shape index (κ2) is 4.19. The van der Waals surface area contributed by atoms with Crippen LogP contribution in [0.2, 0.25) is 0 Å². The second-order valence-corrected chi connectivity index (χ2v) is 3.40. The number of nitrogens with zero attached hydrogens (tertiary/aromatic N) is 1. The van der Waals surface area contributed by atoms with E-state index in [1.807, 2.05) is 6.07 Å². The molecular formula is C10H11N3O3. The van der Waals surface area contributed by atoms with Crippen molar-refractivity contribution in [1.82, 2.24) is 14.8 Å². The van der Waals surface area contributed by atoms with E-state index >= 15 is 0 Å². The highest BCUT2D eigenvalue weighted by Crippen LogP contribution is 2.12. The van der Waals surface area contributed by atoms with Crippen LogP contribution in [0.1, 0.15) is 11.7 Å². The number of nitrogens with one attached hydrogen (secondary N) is 2. The monoisotopic (exact) mass is 221 g/mol. The molecule has 0 radical (unpaired) electrons. The fraction of sp³-hybridized carbons (Fsp3) is 0.200. The Bertz CT molecular complexity index is 539. The van der Waals surface area contributed by atoms with Crippen LogP contribution in [0.4, 0.5) is 0 Å². The number of aliphatic hydroxyl groups excluding tert-OH is 1. The molecule has 0 amide bonds. The quantitative estimate of drug-likeness (QED) is 0.658. The molecule has 2 rings (SSSR count). The van der Waals surface area contributed by atoms with E-state index in [4.69, 9.17) is 0 Å². The molecule has 2 aromatic rings. The smallest absolute Gasteiger partial charge is 0.344 e. The number of benzene rings is 1. The summed E-state index contributed by atoms with van der Waals surface area (Å²) in [7, 11) is 0. The van der Waals surface area contributed by atoms with E-state index < -0.39 is 17.5 Å². The largest absolute Gasteiger partial charge is 0.387 e. The summed E-state index contributed by atoms with van der Waals surface area (Å²) in [6.07, 6.45) is -0.879. The molecule has 6 nitrogen and oxygen atoms in total. The highest BCUT2D eigenvalue weighted by Gasteiger charge is 2.11. The summed E-state index contributed by atoms with van der Waals surface area (Å²) < 4.78 is 0.914. The molecule has 3 N–H and O–H groups in total. The zero-order chi connectivity index (χ0) is 11.5. The van der Waals surface area contributed by atoms with Gasteiger partial charge in [-0.05, 0) is 5.56 Å². The van der Waals surface area contributed by atoms with Gasteiger partial charge in [-0.25, -0.2) is 24.4 Å². The zero-order valence-electron chi connectivity index (χ0n) is 8.38. The van der Waals surface area contributed by atoms with Crippen molar-refractivity contribution in [1.29, 1.82) is 0 Å². The Morgan fingerprint density at radius 3 is 2.25 bits per heavy atom. The average Bonchev–Trinajstić information content (AvgIpc) is 2.62. The Morgan fingerprint density at radius 2 is 1.69 bits per heavy atom. The van der Waals surface area contributed by atoms with Crippen molar-refractivity contribution in [3.05, 3.63) is 56.9 Å². The lowest BCUT2D eigenvalue weighted by Crippen LogP contribution is -2.29. The standard InChI is InChI=1S/C10H11N3O3/c14-8(7-4-2-1-3-5-7)6-13-9(15)11-12-10(13)16/h1-5,8,14H,6H2,(H,11,15)(H,12,16). The highest BCUT2D eigenvalue weighted by molar-refractivity contribution is 5.17. The lowest BCUT2D eigenvalue weighted by atomic mass is 10.1. The van der Waals surface area contributed by atoms with Gasteiger partial charge in [0.05, 0.1) is 12.6 Å². The Hall–Kier alpha value is -2.08. The number of aromatic nitrogens is 3. The minimum absolute atomic E-state index is 0.0678. The molecule has 16 heavy (non-hydrogen) atoms. The first-order chi connectivity index (χ1) is 7.68. The molecule has 1 aromatic heterocycles. The van der Waals surface area contributed by atoms with Crippen LogP contribution in [0, 0.1) is 0 Å². The fourth-order valence-corrected chi connectivity index (χ4v) is 1.45. The Kier molecular flexibility index (Phi) is 2.74. The van der Waals surface area contributed by atoms with Crippen molar-refractivity contribution in [2.45, 2.75) is 12.6 Å². The average molecular weight is 221 g/mol. The zero-order valence-corrected chi connectivity index (χ0v) is 8.38. The van der Waals surface area contributed by atoms with Gasteiger partial charge < -0.3 is 5.11 Å². The topological polar surface area (TPSA) is 90.9 Å². The molecule has 1 heterocycles. The molecule has 84 valence electrons. The molecule has 0 spiro atoms. The van der Waals surface area contributed by atoms with E-state index in [2.05, 4.69) is 10.2 Å². The maximum atomic E-state index is 11.2. The van der Waals surface area contributed by atoms with Crippen molar-refractivity contribution in [3.63, 3.8) is 0 Å². The van der Waals surface area contributed by atoms with E-state index in [0.717, 1.165) is 4.57 Å². The molecule has 0 saturated carbocycles. The van der Waals surface area contributed by atoms with Crippen LogP contribution in [0.25, 0.3) is 0 Å². The van der Waals surface area contributed by atoms with Gasteiger partial charge in [-0.3, -0.25) is 0 Å². The van der Waals surface area contributed by atoms with Gasteiger partial charge in [0.2, 0.25) is 0 Å². The van der Waals surface area contributed by atoms with E-state index in [-0.39, 0.29) is 6.54 Å². The number of aliphatic hydroxyl groups is 1. The van der Waals surface area contributed by atoms with Crippen molar-refractivity contribution in [2.75, 3.05) is 0 Å². The molecule has 1 unspecified atom stereocenters. The summed E-state index contributed by atoms with van der Waals surface area (Å²) in [5, 5.41) is 14.1. The molecule has 0 aliphatic rings. The predicted octanol–water partition coefficient (Wildman–Crippen LogP) is -0.402. The van der Waals surface area contributed by atoms with Crippen LogP contribution >= 0.6 is 0 Å². The van der Waals surface area contributed by atoms with Crippen molar-refractivity contribution in [2.24, 2.45) is 0 Å². The molecule has 1 aromatic carbocycles. The molecule has 0 saturated heterocycles. The van der Waals surface area contributed by atoms with Crippen molar-refractivity contribution < 1.29 is 5.11 Å². The third kappa shape index (κ3) is 1.96. The third-order valence-electron chi connectivity index (χ3n) is 2.31. The first kappa shape index (κ1) is 10.4. The predicted molar refractivity (Wildman–Crippen MR) is 57.1 cm³/mol. The van der Waals surface area contributed by atoms with Gasteiger partial charge in [-0.1, -0.05) is 30.3 Å². The van der Waals surface area contributed by atoms with Crippen molar-refractivity contribution in [3.8, 4) is 0 Å². The number of H-pyrrole nitrogens is 2. The Labute approximate surface area is 90.2 Å². The maximum absolute atomic E-state index is 11.2. The van der Waals surface area contributed by atoms with Crippen LogP contribution in [0.5, 0.6) is 0 Å². The molecule has 6 heteroatoms. The van der Waals surface area contributed by atoms with Gasteiger partial charge in [0.1, 0.15) is 0 Å². The van der Waals surface area contributed by atoms with Gasteiger partial charge in [-0.15, -0.1) is 0 Å². The minimum Gasteiger partial charge on any atom is -0.387 e. The van der Waals surface area contributed by atoms with E-state index in [1.165, 1.54) is 0 Å². The summed E-state index contributed by atoms with van der Waals surface area (Å²) in [5.41, 5.74) is -0.449. The third-order valence-corrected chi connectivity index (χ3v) is 2.31. The fourth-order valence-electron chi connectivity index (χ4n) is 1.45. The molecule has 0 fully saturated rings. The summed E-state index contributed by atoms with van der Waals surface area (Å²) >= 11 is 0. The van der Waals surface area contributed by atoms with Crippen molar-refractivity contribution >= 4 is 0 Å². The van der Waals surface area contributed by atoms with E-state index in [9.17, 15) is 14.7 Å². The van der Waals surface area contributed by atoms with Crippen LogP contribution in [0.3, 0.4) is 0 Å². The maximum Gasteiger partial charge on any atom is 0.344 e. The van der Waals surface area contributed by atoms with Crippen LogP contribution < -0.4 is 11.4 Å². The normalized spacial score (nSPS) is 12.6. The molecule has 0 bridgehead atoms. The summed E-state index contributed by atoms with van der Waals surface area (Å²) in [6.45, 7) is -0.0678. The minimum atomic E-state index is -0.879. The van der Waals surface area contributed by atoms with Crippen LogP contribution in [-0.2, 0) is 6.54 Å². The molecule has 0 aliphatic carbocycles. The summed E-state index contributed by atoms with van der Waals surface area (Å²) in [4.78, 5) is 22.3. The van der Waals surface area contributed by atoms with Gasteiger partial charge in [0.25, 0.3) is 0 Å². The number of aromatic amines is 2. The second-order valence-electron chi connectivity index (χ2n) is 3.40. The van der Waals surface area contributed by atoms with E-state index in [0.29, 0.717) is 5.56 Å². The lowest BCUT2D eigenvalue weighted by Gasteiger charge is -2.09. The number of hydrogen-bond acceptors (Lipinski definition) is 3. The van der Waals surface area contributed by atoms with E-state index in [1.54, 1.807) is 24.3 Å². The Balaban J connectivity index is 2.24. The SMILES string of the molecule is O=c1[nH][nH]c(=O)n1CC(O)c1ccccc1. The van der Waals surface area contributed by atoms with Gasteiger partial charge in [0, 0.05) is 0 Å². The summed E-state index contributed by atoms with van der Waals surface area (Å²) in [6, 6.07) is 8.85. The summed E-state index contributed by atoms with van der Waals surface area (Å²) in [5.74, 6) is 0. The van der Waals surface area contributed by atoms with Crippen LogP contribution in [0.15, 0.2) is 39.9 Å². The molecule has 1 atom stereocenters. The van der Waals surface area contributed by atoms with Gasteiger partial charge in [-0.2, -0.15) is 0 Å². The number of hydrogen-bond donors (Lipinski definition) is 3. The highest BCUT2D eigenvalue weighted by atomic mass is 16.3. The lowest BCUT2D eigenvalue weighted by molar-refractivity contribution is 0.154. The van der Waals surface area contributed by atoms with Gasteiger partial charge in [0.15, 0.2) is 0 Å². The van der Waals surface area contributed by atoms with Gasteiger partial charge >= 0.3 is 11.4 Å². The first-order valence-electron chi connectivity index (χ1n) is 4.79. The van der Waals surface area contributed by atoms with Crippen LogP contribution in [-0.4, -0.2) is 19.9 Å². The number of rotatable bonds is 3. The Morgan fingerprint density at radius 1 is 1.12 bits per heavy atom. The first-order valence-corrected chi connectivity index (χ1v) is 4.79. The molecular weight excluding hydrogens is 210 g/mol. The molecule has 0 aliphatic heterocycles.